The van der Waals surface area contributed by atoms with Gasteiger partial charge in [0, 0.05) is 5.56 Å². The lowest BCUT2D eigenvalue weighted by molar-refractivity contribution is -0.131. The molecule has 0 aliphatic carbocycles. The Hall–Kier alpha value is -2.82. The summed E-state index contributed by atoms with van der Waals surface area (Å²) >= 11 is 0. The number of carbonyl (C=O) groups excluding carboxylic acids is 2. The molecule has 0 radical (unpaired) electrons. The summed E-state index contributed by atoms with van der Waals surface area (Å²) in [6.45, 7) is 3.87. The number of hydrogen-bond acceptors (Lipinski definition) is 3. The molecule has 1 heterocycles. The number of ether oxygens (including phenoxy) is 1. The Kier molecular flexibility index (Phi) is 4.01. The number of hydrogen-bond donors (Lipinski definition) is 1. The normalized spacial score (nSPS) is 20.2. The van der Waals surface area contributed by atoms with Crippen molar-refractivity contribution in [1.82, 2.24) is 10.2 Å². The van der Waals surface area contributed by atoms with Crippen molar-refractivity contribution in [1.29, 1.82) is 0 Å². The zero-order valence-corrected chi connectivity index (χ0v) is 14.0. The molecule has 1 aliphatic heterocycles. The summed E-state index contributed by atoms with van der Waals surface area (Å²) in [5.41, 5.74) is 1.57. The van der Waals surface area contributed by atoms with Crippen LogP contribution in [0.3, 0.4) is 0 Å². The maximum absolute atomic E-state index is 12.9. The molecule has 1 saturated heterocycles. The molecule has 124 valence electrons. The number of methoxy groups -OCH3 is 1. The molecule has 1 unspecified atom stereocenters. The average Bonchev–Trinajstić information content (AvgIpc) is 2.80. The van der Waals surface area contributed by atoms with E-state index in [-0.39, 0.29) is 12.5 Å². The molecule has 24 heavy (non-hydrogen) atoms. The van der Waals surface area contributed by atoms with Gasteiger partial charge >= 0.3 is 6.03 Å². The largest absolute Gasteiger partial charge is 0.496 e. The van der Waals surface area contributed by atoms with Crippen LogP contribution in [0.4, 0.5) is 4.79 Å². The van der Waals surface area contributed by atoms with E-state index >= 15 is 0 Å². The average molecular weight is 324 g/mol. The number of rotatable bonds is 4. The minimum Gasteiger partial charge on any atom is -0.496 e. The van der Waals surface area contributed by atoms with Crippen LogP contribution in [0.5, 0.6) is 5.75 Å². The Labute approximate surface area is 141 Å². The van der Waals surface area contributed by atoms with E-state index in [0.717, 1.165) is 16.7 Å². The van der Waals surface area contributed by atoms with Crippen LogP contribution < -0.4 is 10.1 Å². The molecular weight excluding hydrogens is 304 g/mol. The van der Waals surface area contributed by atoms with E-state index in [1.165, 1.54) is 4.90 Å². The van der Waals surface area contributed by atoms with Crippen molar-refractivity contribution in [2.45, 2.75) is 25.9 Å². The summed E-state index contributed by atoms with van der Waals surface area (Å²) in [5, 5.41) is 2.82. The molecule has 5 nitrogen and oxygen atoms in total. The first-order valence-electron chi connectivity index (χ1n) is 7.79. The minimum atomic E-state index is -1.05. The SMILES string of the molecule is COc1ccc(C)cc1CN1C(=O)NC(C)(c2ccccc2)C1=O. The lowest BCUT2D eigenvalue weighted by Crippen LogP contribution is -2.40. The molecule has 1 N–H and O–H groups in total. The molecule has 3 amide bonds. The highest BCUT2D eigenvalue weighted by atomic mass is 16.5. The molecule has 3 rings (SSSR count). The van der Waals surface area contributed by atoms with E-state index in [4.69, 9.17) is 4.74 Å². The highest BCUT2D eigenvalue weighted by molar-refractivity contribution is 6.07. The van der Waals surface area contributed by atoms with Gasteiger partial charge in [-0.2, -0.15) is 0 Å². The fraction of sp³-hybridized carbons (Fsp3) is 0.263. The molecule has 0 saturated carbocycles. The summed E-state index contributed by atoms with van der Waals surface area (Å²) in [7, 11) is 1.58. The molecule has 0 bridgehead atoms. The van der Waals surface area contributed by atoms with Crippen LogP contribution in [-0.4, -0.2) is 23.9 Å². The Balaban J connectivity index is 1.92. The minimum absolute atomic E-state index is 0.179. The first kappa shape index (κ1) is 16.1. The van der Waals surface area contributed by atoms with Crippen molar-refractivity contribution in [2.75, 3.05) is 7.11 Å². The summed E-state index contributed by atoms with van der Waals surface area (Å²) < 4.78 is 5.35. The van der Waals surface area contributed by atoms with Crippen molar-refractivity contribution in [3.63, 3.8) is 0 Å². The van der Waals surface area contributed by atoms with Gasteiger partial charge in [0.2, 0.25) is 0 Å². The lowest BCUT2D eigenvalue weighted by atomic mass is 9.92. The number of benzene rings is 2. The van der Waals surface area contributed by atoms with Crippen LogP contribution in [0.2, 0.25) is 0 Å². The number of imide groups is 1. The van der Waals surface area contributed by atoms with E-state index in [1.807, 2.05) is 55.5 Å². The molecule has 0 aromatic heterocycles. The fourth-order valence-electron chi connectivity index (χ4n) is 3.01. The molecule has 2 aromatic rings. The van der Waals surface area contributed by atoms with E-state index in [9.17, 15) is 9.59 Å². The summed E-state index contributed by atoms with van der Waals surface area (Å²) in [6.07, 6.45) is 0. The van der Waals surface area contributed by atoms with Gasteiger partial charge in [0.25, 0.3) is 5.91 Å². The van der Waals surface area contributed by atoms with Gasteiger partial charge in [-0.05, 0) is 25.5 Å². The van der Waals surface area contributed by atoms with Crippen molar-refractivity contribution >= 4 is 11.9 Å². The van der Waals surface area contributed by atoms with Gasteiger partial charge in [0.1, 0.15) is 11.3 Å². The summed E-state index contributed by atoms with van der Waals surface area (Å²) in [4.78, 5) is 26.6. The second kappa shape index (κ2) is 6.00. The third kappa shape index (κ3) is 2.62. The van der Waals surface area contributed by atoms with Gasteiger partial charge in [-0.1, -0.05) is 48.0 Å². The maximum atomic E-state index is 12.9. The van der Waals surface area contributed by atoms with Crippen molar-refractivity contribution < 1.29 is 14.3 Å². The predicted molar refractivity (Wildman–Crippen MR) is 90.6 cm³/mol. The van der Waals surface area contributed by atoms with Crippen LogP contribution in [0.15, 0.2) is 48.5 Å². The molecule has 1 aliphatic rings. The second-order valence-electron chi connectivity index (χ2n) is 6.13. The Morgan fingerprint density at radius 3 is 2.50 bits per heavy atom. The predicted octanol–water partition coefficient (Wildman–Crippen LogP) is 2.97. The van der Waals surface area contributed by atoms with Gasteiger partial charge in [0.05, 0.1) is 13.7 Å². The number of carbonyl (C=O) groups is 2. The molecule has 0 spiro atoms. The van der Waals surface area contributed by atoms with Crippen LogP contribution >= 0.6 is 0 Å². The molecule has 1 fully saturated rings. The smallest absolute Gasteiger partial charge is 0.325 e. The number of nitrogens with zero attached hydrogens (tertiary/aromatic N) is 1. The zero-order chi connectivity index (χ0) is 17.3. The molecule has 1 atom stereocenters. The maximum Gasteiger partial charge on any atom is 0.325 e. The number of amides is 3. The Bertz CT molecular complexity index is 788. The lowest BCUT2D eigenvalue weighted by Gasteiger charge is -2.22. The third-order valence-corrected chi connectivity index (χ3v) is 4.39. The zero-order valence-electron chi connectivity index (χ0n) is 14.0. The number of aryl methyl sites for hydroxylation is 1. The van der Waals surface area contributed by atoms with Gasteiger partial charge in [-0.15, -0.1) is 0 Å². The molecule has 2 aromatic carbocycles. The number of urea groups is 1. The van der Waals surface area contributed by atoms with E-state index in [1.54, 1.807) is 14.0 Å². The standard InChI is InChI=1S/C19H20N2O3/c1-13-9-10-16(24-3)14(11-13)12-21-17(22)19(2,20-18(21)23)15-7-5-4-6-8-15/h4-11H,12H2,1-3H3,(H,20,23). The van der Waals surface area contributed by atoms with Gasteiger partial charge in [0.15, 0.2) is 0 Å². The highest BCUT2D eigenvalue weighted by Gasteiger charge is 2.48. The van der Waals surface area contributed by atoms with E-state index < -0.39 is 11.6 Å². The first-order chi connectivity index (χ1) is 11.5. The summed E-state index contributed by atoms with van der Waals surface area (Å²) in [6, 6.07) is 14.6. The quantitative estimate of drug-likeness (QED) is 0.880. The highest BCUT2D eigenvalue weighted by Crippen LogP contribution is 2.31. The number of nitrogens with one attached hydrogen (secondary N) is 1. The first-order valence-corrected chi connectivity index (χ1v) is 7.79. The van der Waals surface area contributed by atoms with Crippen molar-refractivity contribution in [3.8, 4) is 5.75 Å². The molecular formula is C19H20N2O3. The third-order valence-electron chi connectivity index (χ3n) is 4.39. The second-order valence-corrected chi connectivity index (χ2v) is 6.13. The van der Waals surface area contributed by atoms with Gasteiger partial charge in [-0.25, -0.2) is 4.79 Å². The Morgan fingerprint density at radius 1 is 1.12 bits per heavy atom. The van der Waals surface area contributed by atoms with Crippen LogP contribution in [0.1, 0.15) is 23.6 Å². The van der Waals surface area contributed by atoms with E-state index in [0.29, 0.717) is 5.75 Å². The van der Waals surface area contributed by atoms with Crippen molar-refractivity contribution in [3.05, 3.63) is 65.2 Å². The van der Waals surface area contributed by atoms with Gasteiger partial charge in [-0.3, -0.25) is 9.69 Å². The van der Waals surface area contributed by atoms with Crippen LogP contribution in [-0.2, 0) is 16.9 Å². The monoisotopic (exact) mass is 324 g/mol. The molecule has 5 heteroatoms. The topological polar surface area (TPSA) is 58.6 Å². The van der Waals surface area contributed by atoms with E-state index in [2.05, 4.69) is 5.32 Å². The van der Waals surface area contributed by atoms with Crippen LogP contribution in [0, 0.1) is 6.92 Å². The summed E-state index contributed by atoms with van der Waals surface area (Å²) in [5.74, 6) is 0.400. The van der Waals surface area contributed by atoms with Crippen molar-refractivity contribution in [2.24, 2.45) is 0 Å². The van der Waals surface area contributed by atoms with Crippen LogP contribution in [0.25, 0.3) is 0 Å². The fourth-order valence-corrected chi connectivity index (χ4v) is 3.01. The van der Waals surface area contributed by atoms with Gasteiger partial charge < -0.3 is 10.1 Å². The Morgan fingerprint density at radius 2 is 1.83 bits per heavy atom.